The predicted molar refractivity (Wildman–Crippen MR) is 59.6 cm³/mol. The Labute approximate surface area is 81.4 Å². The fourth-order valence-electron chi connectivity index (χ4n) is 1.32. The molecule has 0 nitrogen and oxygen atoms in total. The van der Waals surface area contributed by atoms with E-state index in [4.69, 9.17) is 0 Å². The van der Waals surface area contributed by atoms with Gasteiger partial charge in [0.15, 0.2) is 0 Å². The van der Waals surface area contributed by atoms with E-state index in [1.807, 2.05) is 6.92 Å². The van der Waals surface area contributed by atoms with Crippen molar-refractivity contribution >= 4 is 0 Å². The van der Waals surface area contributed by atoms with Crippen LogP contribution in [-0.2, 0) is 0 Å². The molecule has 1 aliphatic carbocycles. The molecule has 13 heavy (non-hydrogen) atoms. The van der Waals surface area contributed by atoms with Gasteiger partial charge in [-0.25, -0.2) is 0 Å². The van der Waals surface area contributed by atoms with Gasteiger partial charge in [0.05, 0.1) is 0 Å². The fourth-order valence-corrected chi connectivity index (χ4v) is 1.32. The molecule has 0 aromatic carbocycles. The van der Waals surface area contributed by atoms with Crippen LogP contribution in [0.3, 0.4) is 0 Å². The van der Waals surface area contributed by atoms with E-state index in [9.17, 15) is 0 Å². The Morgan fingerprint density at radius 1 is 1.38 bits per heavy atom. The third-order valence-corrected chi connectivity index (χ3v) is 2.54. The first-order valence-electron chi connectivity index (χ1n) is 4.91. The molecular weight excluding hydrogens is 156 g/mol. The average Bonchev–Trinajstić information content (AvgIpc) is 2.31. The maximum absolute atomic E-state index is 2.28. The Morgan fingerprint density at radius 3 is 2.77 bits per heavy atom. The highest BCUT2D eigenvalue weighted by Gasteiger charge is 2.14. The van der Waals surface area contributed by atoms with Gasteiger partial charge in [-0.2, -0.15) is 0 Å². The Bertz CT molecular complexity index is 276. The van der Waals surface area contributed by atoms with E-state index in [-0.39, 0.29) is 5.41 Å². The highest BCUT2D eigenvalue weighted by atomic mass is 14.2. The largest absolute Gasteiger partial charge is 0.0871 e. The van der Waals surface area contributed by atoms with Crippen LogP contribution in [0.25, 0.3) is 0 Å². The van der Waals surface area contributed by atoms with Gasteiger partial charge in [-0.1, -0.05) is 56.4 Å². The van der Waals surface area contributed by atoms with E-state index >= 15 is 0 Å². The van der Waals surface area contributed by atoms with Crippen molar-refractivity contribution in [3.8, 4) is 0 Å². The Kier molecular flexibility index (Phi) is 3.30. The van der Waals surface area contributed by atoms with Gasteiger partial charge in [-0.05, 0) is 18.9 Å². The van der Waals surface area contributed by atoms with Crippen LogP contribution in [0.5, 0.6) is 0 Å². The molecule has 1 rings (SSSR count). The molecule has 0 radical (unpaired) electrons. The highest BCUT2D eigenvalue weighted by Crippen LogP contribution is 2.27. The molecule has 0 N–H and O–H groups in total. The lowest BCUT2D eigenvalue weighted by atomic mass is 9.87. The Hall–Kier alpha value is -1.04. The van der Waals surface area contributed by atoms with Gasteiger partial charge in [-0.15, -0.1) is 0 Å². The summed E-state index contributed by atoms with van der Waals surface area (Å²) in [5.41, 5.74) is 1.51. The Balaban J connectivity index is 2.86. The SMILES string of the molecule is C/C=C/C1=CC=CC(C)(CC)C=C1. The summed E-state index contributed by atoms with van der Waals surface area (Å²) in [6, 6.07) is 0. The average molecular weight is 174 g/mol. The van der Waals surface area contributed by atoms with E-state index < -0.39 is 0 Å². The van der Waals surface area contributed by atoms with Gasteiger partial charge in [0.25, 0.3) is 0 Å². The van der Waals surface area contributed by atoms with Crippen molar-refractivity contribution in [1.29, 1.82) is 0 Å². The molecule has 1 aliphatic rings. The number of rotatable bonds is 2. The van der Waals surface area contributed by atoms with Crippen LogP contribution < -0.4 is 0 Å². The van der Waals surface area contributed by atoms with Crippen molar-refractivity contribution in [2.45, 2.75) is 27.2 Å². The molecule has 0 heteroatoms. The van der Waals surface area contributed by atoms with Gasteiger partial charge in [0.2, 0.25) is 0 Å². The first-order valence-corrected chi connectivity index (χ1v) is 4.91. The summed E-state index contributed by atoms with van der Waals surface area (Å²) in [4.78, 5) is 0. The predicted octanol–water partition coefficient (Wildman–Crippen LogP) is 4.03. The second kappa shape index (κ2) is 4.27. The van der Waals surface area contributed by atoms with Gasteiger partial charge in [0, 0.05) is 5.41 Å². The van der Waals surface area contributed by atoms with E-state index in [1.54, 1.807) is 0 Å². The van der Waals surface area contributed by atoms with E-state index in [0.717, 1.165) is 6.42 Å². The van der Waals surface area contributed by atoms with Crippen molar-refractivity contribution in [2.75, 3.05) is 0 Å². The van der Waals surface area contributed by atoms with Crippen LogP contribution in [0.15, 0.2) is 48.1 Å². The minimum Gasteiger partial charge on any atom is -0.0871 e. The molecule has 0 saturated carbocycles. The summed E-state index contributed by atoms with van der Waals surface area (Å²) in [7, 11) is 0. The lowest BCUT2D eigenvalue weighted by molar-refractivity contribution is 0.531. The second-order valence-electron chi connectivity index (χ2n) is 3.72. The summed E-state index contributed by atoms with van der Waals surface area (Å²) < 4.78 is 0. The third-order valence-electron chi connectivity index (χ3n) is 2.54. The number of allylic oxidation sites excluding steroid dienone is 8. The molecular formula is C13H18. The summed E-state index contributed by atoms with van der Waals surface area (Å²) in [6.45, 7) is 6.52. The molecule has 0 aromatic rings. The monoisotopic (exact) mass is 174 g/mol. The zero-order valence-electron chi connectivity index (χ0n) is 8.75. The van der Waals surface area contributed by atoms with Crippen LogP contribution in [0, 0.1) is 5.41 Å². The first kappa shape index (κ1) is 10.0. The van der Waals surface area contributed by atoms with Gasteiger partial charge < -0.3 is 0 Å². The van der Waals surface area contributed by atoms with Crippen molar-refractivity contribution in [3.05, 3.63) is 48.1 Å². The smallest absolute Gasteiger partial charge is 0.00365 e. The van der Waals surface area contributed by atoms with E-state index in [1.165, 1.54) is 5.57 Å². The maximum atomic E-state index is 2.28. The standard InChI is InChI=1S/C13H18/c1-4-7-12-8-6-10-13(3,5-2)11-9-12/h4,6-11H,5H2,1-3H3/b7-4+. The van der Waals surface area contributed by atoms with Crippen molar-refractivity contribution in [3.63, 3.8) is 0 Å². The van der Waals surface area contributed by atoms with Crippen molar-refractivity contribution in [2.24, 2.45) is 5.41 Å². The van der Waals surface area contributed by atoms with Gasteiger partial charge >= 0.3 is 0 Å². The summed E-state index contributed by atoms with van der Waals surface area (Å²) in [6.07, 6.45) is 16.4. The van der Waals surface area contributed by atoms with Crippen LogP contribution in [0.1, 0.15) is 27.2 Å². The summed E-state index contributed by atoms with van der Waals surface area (Å²) in [5.74, 6) is 0. The van der Waals surface area contributed by atoms with Crippen molar-refractivity contribution in [1.82, 2.24) is 0 Å². The quantitative estimate of drug-likeness (QED) is 0.593. The van der Waals surface area contributed by atoms with E-state index in [0.29, 0.717) is 0 Å². The second-order valence-corrected chi connectivity index (χ2v) is 3.72. The van der Waals surface area contributed by atoms with Crippen LogP contribution >= 0.6 is 0 Å². The molecule has 0 aromatic heterocycles. The molecule has 1 unspecified atom stereocenters. The lowest BCUT2D eigenvalue weighted by Gasteiger charge is -2.17. The zero-order valence-corrected chi connectivity index (χ0v) is 8.75. The maximum Gasteiger partial charge on any atom is 0.00365 e. The van der Waals surface area contributed by atoms with Gasteiger partial charge in [0.1, 0.15) is 0 Å². The highest BCUT2D eigenvalue weighted by molar-refractivity contribution is 5.38. The lowest BCUT2D eigenvalue weighted by Crippen LogP contribution is -2.06. The van der Waals surface area contributed by atoms with Gasteiger partial charge in [-0.3, -0.25) is 0 Å². The minimum absolute atomic E-state index is 0.236. The summed E-state index contributed by atoms with van der Waals surface area (Å²) >= 11 is 0. The first-order chi connectivity index (χ1) is 6.20. The Morgan fingerprint density at radius 2 is 2.15 bits per heavy atom. The molecule has 0 fully saturated rings. The topological polar surface area (TPSA) is 0 Å². The fraction of sp³-hybridized carbons (Fsp3) is 0.385. The molecule has 0 heterocycles. The van der Waals surface area contributed by atoms with Crippen LogP contribution in [0.4, 0.5) is 0 Å². The molecule has 0 spiro atoms. The molecule has 0 bridgehead atoms. The molecule has 1 atom stereocenters. The summed E-state index contributed by atoms with van der Waals surface area (Å²) in [5, 5.41) is 0. The van der Waals surface area contributed by atoms with Crippen molar-refractivity contribution < 1.29 is 0 Å². The molecule has 0 aliphatic heterocycles. The number of hydrogen-bond donors (Lipinski definition) is 0. The molecule has 0 amide bonds. The third kappa shape index (κ3) is 2.73. The molecule has 70 valence electrons. The van der Waals surface area contributed by atoms with Crippen LogP contribution in [-0.4, -0.2) is 0 Å². The minimum atomic E-state index is 0.236. The normalized spacial score (nSPS) is 27.8. The van der Waals surface area contributed by atoms with E-state index in [2.05, 4.69) is 56.4 Å². The van der Waals surface area contributed by atoms with Crippen LogP contribution in [0.2, 0.25) is 0 Å². The number of hydrogen-bond acceptors (Lipinski definition) is 0. The zero-order chi connectivity index (χ0) is 9.73. The molecule has 0 saturated heterocycles.